The lowest BCUT2D eigenvalue weighted by Gasteiger charge is -2.18. The summed E-state index contributed by atoms with van der Waals surface area (Å²) in [5.41, 5.74) is 0. The molecule has 0 rings (SSSR count). The molecule has 0 aliphatic carbocycles. The minimum Gasteiger partial charge on any atom is -0.462 e. The van der Waals surface area contributed by atoms with E-state index in [0.717, 1.165) is 64.2 Å². The summed E-state index contributed by atoms with van der Waals surface area (Å²) in [4.78, 5) is 38.2. The van der Waals surface area contributed by atoms with Gasteiger partial charge in [0.05, 0.1) is 0 Å². The Balaban J connectivity index is 4.27. The van der Waals surface area contributed by atoms with Crippen LogP contribution in [0.15, 0.2) is 24.3 Å². The number of carbonyl (C=O) groups is 3. The molecule has 0 aromatic rings. The molecular formula is C64H120O6. The smallest absolute Gasteiger partial charge is 0.306 e. The first-order valence-corrected chi connectivity index (χ1v) is 31.3. The third-order valence-electron chi connectivity index (χ3n) is 14.2. The van der Waals surface area contributed by atoms with Crippen molar-refractivity contribution in [3.05, 3.63) is 24.3 Å². The van der Waals surface area contributed by atoms with Crippen molar-refractivity contribution in [3.8, 4) is 0 Å². The van der Waals surface area contributed by atoms with Gasteiger partial charge < -0.3 is 14.2 Å². The van der Waals surface area contributed by atoms with Crippen molar-refractivity contribution in [2.45, 2.75) is 354 Å². The van der Waals surface area contributed by atoms with Gasteiger partial charge in [-0.15, -0.1) is 0 Å². The maximum atomic E-state index is 12.9. The molecule has 0 radical (unpaired) electrons. The van der Waals surface area contributed by atoms with Crippen LogP contribution < -0.4 is 0 Å². The molecule has 0 aromatic carbocycles. The molecule has 70 heavy (non-hydrogen) atoms. The molecule has 6 heteroatoms. The summed E-state index contributed by atoms with van der Waals surface area (Å²) in [6, 6.07) is 0. The van der Waals surface area contributed by atoms with Crippen molar-refractivity contribution in [2.75, 3.05) is 13.2 Å². The molecule has 0 fully saturated rings. The van der Waals surface area contributed by atoms with E-state index >= 15 is 0 Å². The van der Waals surface area contributed by atoms with Crippen LogP contribution in [0, 0.1) is 0 Å². The van der Waals surface area contributed by atoms with E-state index in [0.29, 0.717) is 19.3 Å². The van der Waals surface area contributed by atoms with Crippen molar-refractivity contribution in [1.82, 2.24) is 0 Å². The predicted octanol–water partition coefficient (Wildman–Crippen LogP) is 21.1. The highest BCUT2D eigenvalue weighted by molar-refractivity contribution is 5.71. The molecule has 0 N–H and O–H groups in total. The molecule has 412 valence electrons. The molecule has 0 saturated heterocycles. The molecule has 0 aromatic heterocycles. The average Bonchev–Trinajstić information content (AvgIpc) is 3.36. The van der Waals surface area contributed by atoms with Crippen LogP contribution in [0.3, 0.4) is 0 Å². The number of hydrogen-bond acceptors (Lipinski definition) is 6. The molecule has 1 atom stereocenters. The Bertz CT molecular complexity index is 1130. The molecule has 0 aliphatic heterocycles. The summed E-state index contributed by atoms with van der Waals surface area (Å²) in [5, 5.41) is 0. The molecule has 0 heterocycles. The van der Waals surface area contributed by atoms with E-state index in [4.69, 9.17) is 14.2 Å². The van der Waals surface area contributed by atoms with Gasteiger partial charge in [0.25, 0.3) is 0 Å². The molecule has 1 unspecified atom stereocenters. The number of ether oxygens (including phenoxy) is 3. The van der Waals surface area contributed by atoms with Crippen molar-refractivity contribution in [3.63, 3.8) is 0 Å². The Morgan fingerprint density at radius 3 is 0.743 bits per heavy atom. The number of carbonyl (C=O) groups excluding carboxylic acids is 3. The van der Waals surface area contributed by atoms with Gasteiger partial charge in [-0.2, -0.15) is 0 Å². The second-order valence-corrected chi connectivity index (χ2v) is 21.3. The largest absolute Gasteiger partial charge is 0.462 e. The number of esters is 3. The van der Waals surface area contributed by atoms with E-state index in [9.17, 15) is 14.4 Å². The van der Waals surface area contributed by atoms with E-state index in [1.807, 2.05) is 0 Å². The second-order valence-electron chi connectivity index (χ2n) is 21.3. The van der Waals surface area contributed by atoms with Gasteiger partial charge in [-0.1, -0.05) is 283 Å². The highest BCUT2D eigenvalue weighted by atomic mass is 16.6. The zero-order valence-electron chi connectivity index (χ0n) is 47.3. The average molecular weight is 986 g/mol. The maximum Gasteiger partial charge on any atom is 0.306 e. The fourth-order valence-electron chi connectivity index (χ4n) is 9.44. The van der Waals surface area contributed by atoms with Crippen LogP contribution in [0.5, 0.6) is 0 Å². The van der Waals surface area contributed by atoms with E-state index in [1.54, 1.807) is 0 Å². The summed E-state index contributed by atoms with van der Waals surface area (Å²) in [6.07, 6.45) is 70.4. The van der Waals surface area contributed by atoms with Gasteiger partial charge in [-0.25, -0.2) is 0 Å². The molecule has 0 saturated carbocycles. The molecular weight excluding hydrogens is 865 g/mol. The van der Waals surface area contributed by atoms with Crippen LogP contribution in [-0.2, 0) is 28.6 Å². The SMILES string of the molecule is CCCCC/C=C\CCCCCCCC(=O)OCC(COC(=O)CCCCCCCCCCC/C=C\CCCCCCCCCC)OC(=O)CCCCCCCCCCCCCCCCCCCCC. The zero-order chi connectivity index (χ0) is 50.7. The van der Waals surface area contributed by atoms with E-state index < -0.39 is 6.10 Å². The third-order valence-corrected chi connectivity index (χ3v) is 14.2. The van der Waals surface area contributed by atoms with Gasteiger partial charge in [0.15, 0.2) is 6.10 Å². The Morgan fingerprint density at radius 1 is 0.271 bits per heavy atom. The van der Waals surface area contributed by atoms with Crippen molar-refractivity contribution in [1.29, 1.82) is 0 Å². The Kier molecular flexibility index (Phi) is 57.7. The number of hydrogen-bond donors (Lipinski definition) is 0. The van der Waals surface area contributed by atoms with Gasteiger partial charge in [-0.05, 0) is 70.6 Å². The first-order valence-electron chi connectivity index (χ1n) is 31.3. The first-order chi connectivity index (χ1) is 34.5. The second kappa shape index (κ2) is 59.5. The van der Waals surface area contributed by atoms with Crippen LogP contribution >= 0.6 is 0 Å². The van der Waals surface area contributed by atoms with Crippen LogP contribution in [0.4, 0.5) is 0 Å². The summed E-state index contributed by atoms with van der Waals surface area (Å²) in [5.74, 6) is -0.857. The van der Waals surface area contributed by atoms with Gasteiger partial charge in [0, 0.05) is 19.3 Å². The monoisotopic (exact) mass is 985 g/mol. The highest BCUT2D eigenvalue weighted by Gasteiger charge is 2.19. The van der Waals surface area contributed by atoms with Crippen molar-refractivity contribution >= 4 is 17.9 Å². The maximum absolute atomic E-state index is 12.9. The Morgan fingerprint density at radius 2 is 0.471 bits per heavy atom. The van der Waals surface area contributed by atoms with Crippen LogP contribution in [-0.4, -0.2) is 37.2 Å². The van der Waals surface area contributed by atoms with E-state index in [2.05, 4.69) is 45.1 Å². The van der Waals surface area contributed by atoms with E-state index in [-0.39, 0.29) is 31.1 Å². The molecule has 0 amide bonds. The standard InChI is InChI=1S/C64H120O6/c1-4-7-10-13-16-19-22-25-27-29-31-32-34-35-37-39-42-45-48-51-54-57-63(66)69-60-61(59-68-62(65)56-53-50-47-44-41-24-21-18-15-12-9-6-3)70-64(67)58-55-52-49-46-43-40-38-36-33-30-28-26-23-20-17-14-11-8-5-2/h18,21,29,31,61H,4-17,19-20,22-28,30,32-60H2,1-3H3/b21-18-,31-29-. The van der Waals surface area contributed by atoms with Gasteiger partial charge in [0.1, 0.15) is 13.2 Å². The fourth-order valence-corrected chi connectivity index (χ4v) is 9.44. The first kappa shape index (κ1) is 67.9. The van der Waals surface area contributed by atoms with Crippen molar-refractivity contribution < 1.29 is 28.6 Å². The van der Waals surface area contributed by atoms with Crippen LogP contribution in [0.25, 0.3) is 0 Å². The lowest BCUT2D eigenvalue weighted by Crippen LogP contribution is -2.30. The number of allylic oxidation sites excluding steroid dienone is 4. The quantitative estimate of drug-likeness (QED) is 0.0261. The lowest BCUT2D eigenvalue weighted by molar-refractivity contribution is -0.167. The molecule has 0 bridgehead atoms. The highest BCUT2D eigenvalue weighted by Crippen LogP contribution is 2.17. The third kappa shape index (κ3) is 56.8. The lowest BCUT2D eigenvalue weighted by atomic mass is 10.0. The van der Waals surface area contributed by atoms with Crippen LogP contribution in [0.1, 0.15) is 348 Å². The Labute approximate surface area is 436 Å². The zero-order valence-corrected chi connectivity index (χ0v) is 47.3. The van der Waals surface area contributed by atoms with Gasteiger partial charge >= 0.3 is 17.9 Å². The minimum atomic E-state index is -0.772. The molecule has 0 spiro atoms. The number of unbranched alkanes of at least 4 members (excludes halogenated alkanes) is 43. The summed E-state index contributed by atoms with van der Waals surface area (Å²) in [6.45, 7) is 6.67. The molecule has 6 nitrogen and oxygen atoms in total. The van der Waals surface area contributed by atoms with Crippen molar-refractivity contribution in [2.24, 2.45) is 0 Å². The molecule has 0 aliphatic rings. The fraction of sp³-hybridized carbons (Fsp3) is 0.891. The summed E-state index contributed by atoms with van der Waals surface area (Å²) >= 11 is 0. The van der Waals surface area contributed by atoms with Crippen LogP contribution in [0.2, 0.25) is 0 Å². The minimum absolute atomic E-state index is 0.0703. The Hall–Kier alpha value is -2.11. The topological polar surface area (TPSA) is 78.9 Å². The number of rotatable bonds is 58. The van der Waals surface area contributed by atoms with Gasteiger partial charge in [-0.3, -0.25) is 14.4 Å². The predicted molar refractivity (Wildman–Crippen MR) is 303 cm³/mol. The summed E-state index contributed by atoms with van der Waals surface area (Å²) < 4.78 is 16.9. The normalized spacial score (nSPS) is 12.1. The summed E-state index contributed by atoms with van der Waals surface area (Å²) in [7, 11) is 0. The van der Waals surface area contributed by atoms with E-state index in [1.165, 1.54) is 244 Å². The van der Waals surface area contributed by atoms with Gasteiger partial charge in [0.2, 0.25) is 0 Å².